The van der Waals surface area contributed by atoms with Crippen molar-refractivity contribution in [3.05, 3.63) is 41.0 Å². The first kappa shape index (κ1) is 12.3. The van der Waals surface area contributed by atoms with Crippen molar-refractivity contribution in [2.75, 3.05) is 0 Å². The van der Waals surface area contributed by atoms with Gasteiger partial charge in [-0.3, -0.25) is 0 Å². The minimum atomic E-state index is -0.0298. The summed E-state index contributed by atoms with van der Waals surface area (Å²) >= 11 is 0. The molecule has 1 unspecified atom stereocenters. The second kappa shape index (κ2) is 5.48. The Morgan fingerprint density at radius 2 is 2.06 bits per heavy atom. The van der Waals surface area contributed by atoms with Crippen LogP contribution >= 0.6 is 0 Å². The fraction of sp³-hybridized carbons (Fsp3) is 0.500. The topological polar surface area (TPSA) is 0 Å². The molecule has 92 valence electrons. The van der Waals surface area contributed by atoms with Crippen LogP contribution in [0.4, 0.5) is 4.39 Å². The van der Waals surface area contributed by atoms with Crippen molar-refractivity contribution in [1.29, 1.82) is 0 Å². The zero-order valence-electron chi connectivity index (χ0n) is 10.8. The molecule has 0 spiro atoms. The van der Waals surface area contributed by atoms with Gasteiger partial charge < -0.3 is 0 Å². The van der Waals surface area contributed by atoms with Crippen molar-refractivity contribution in [2.45, 2.75) is 46.0 Å². The van der Waals surface area contributed by atoms with Crippen LogP contribution in [0.1, 0.15) is 49.3 Å². The quantitative estimate of drug-likeness (QED) is 0.586. The highest BCUT2D eigenvalue weighted by Gasteiger charge is 2.12. The van der Waals surface area contributed by atoms with E-state index in [0.717, 1.165) is 24.8 Å². The van der Waals surface area contributed by atoms with Gasteiger partial charge in [0.05, 0.1) is 0 Å². The Labute approximate surface area is 104 Å². The summed E-state index contributed by atoms with van der Waals surface area (Å²) in [7, 11) is 0. The van der Waals surface area contributed by atoms with Crippen molar-refractivity contribution < 1.29 is 4.39 Å². The standard InChI is InChI=1S/C16H21F/c1-12-6-3-9-14-13(2)8-5-10-15(14)16(17)11-4-7-12/h5,8,10-12H,3-4,6-7,9H2,1-2H3/b16-11-. The monoisotopic (exact) mass is 232 g/mol. The van der Waals surface area contributed by atoms with E-state index < -0.39 is 0 Å². The molecule has 1 aliphatic rings. The second-order valence-corrected chi connectivity index (χ2v) is 5.23. The number of rotatable bonds is 0. The molecule has 0 saturated heterocycles. The zero-order chi connectivity index (χ0) is 12.3. The summed E-state index contributed by atoms with van der Waals surface area (Å²) in [4.78, 5) is 0. The smallest absolute Gasteiger partial charge is 0.126 e. The van der Waals surface area contributed by atoms with Gasteiger partial charge in [-0.15, -0.1) is 0 Å². The van der Waals surface area contributed by atoms with Gasteiger partial charge in [-0.1, -0.05) is 31.5 Å². The maximum atomic E-state index is 14.1. The van der Waals surface area contributed by atoms with Gasteiger partial charge >= 0.3 is 0 Å². The van der Waals surface area contributed by atoms with E-state index in [1.54, 1.807) is 6.08 Å². The molecule has 0 radical (unpaired) electrons. The first-order valence-electron chi connectivity index (χ1n) is 6.63. The first-order chi connectivity index (χ1) is 8.18. The summed E-state index contributed by atoms with van der Waals surface area (Å²) in [5, 5.41) is 0. The molecule has 1 aromatic rings. The van der Waals surface area contributed by atoms with Crippen molar-refractivity contribution in [3.63, 3.8) is 0 Å². The average Bonchev–Trinajstić information content (AvgIpc) is 2.30. The van der Waals surface area contributed by atoms with Crippen molar-refractivity contribution in [2.24, 2.45) is 5.92 Å². The molecule has 0 fully saturated rings. The lowest BCUT2D eigenvalue weighted by Gasteiger charge is -2.16. The lowest BCUT2D eigenvalue weighted by Crippen LogP contribution is -2.01. The molecule has 0 aliphatic heterocycles. The van der Waals surface area contributed by atoms with E-state index in [1.165, 1.54) is 24.0 Å². The third kappa shape index (κ3) is 2.96. The van der Waals surface area contributed by atoms with Gasteiger partial charge in [-0.25, -0.2) is 4.39 Å². The van der Waals surface area contributed by atoms with Crippen LogP contribution in [0, 0.1) is 12.8 Å². The molecule has 0 amide bonds. The van der Waals surface area contributed by atoms with Crippen LogP contribution in [0.15, 0.2) is 24.3 Å². The minimum Gasteiger partial charge on any atom is -0.207 e. The van der Waals surface area contributed by atoms with Gasteiger partial charge in [0, 0.05) is 5.56 Å². The van der Waals surface area contributed by atoms with E-state index in [2.05, 4.69) is 19.9 Å². The third-order valence-electron chi connectivity index (χ3n) is 3.77. The van der Waals surface area contributed by atoms with Gasteiger partial charge in [0.1, 0.15) is 5.83 Å². The van der Waals surface area contributed by atoms with E-state index in [0.29, 0.717) is 5.92 Å². The molecule has 1 aliphatic carbocycles. The Morgan fingerprint density at radius 3 is 2.88 bits per heavy atom. The predicted molar refractivity (Wildman–Crippen MR) is 71.6 cm³/mol. The molecule has 2 rings (SSSR count). The van der Waals surface area contributed by atoms with E-state index in [4.69, 9.17) is 0 Å². The van der Waals surface area contributed by atoms with Gasteiger partial charge in [0.2, 0.25) is 0 Å². The summed E-state index contributed by atoms with van der Waals surface area (Å²) in [6, 6.07) is 5.95. The number of benzene rings is 1. The second-order valence-electron chi connectivity index (χ2n) is 5.23. The summed E-state index contributed by atoms with van der Waals surface area (Å²) in [5.41, 5.74) is 3.24. The van der Waals surface area contributed by atoms with Crippen molar-refractivity contribution in [3.8, 4) is 0 Å². The summed E-state index contributed by atoms with van der Waals surface area (Å²) < 4.78 is 14.1. The molecule has 1 heteroatoms. The van der Waals surface area contributed by atoms with Crippen LogP contribution in [0.2, 0.25) is 0 Å². The molecular weight excluding hydrogens is 211 g/mol. The van der Waals surface area contributed by atoms with Crippen LogP contribution in [0.5, 0.6) is 0 Å². The maximum Gasteiger partial charge on any atom is 0.126 e. The Hall–Kier alpha value is -1.11. The average molecular weight is 232 g/mol. The van der Waals surface area contributed by atoms with Gasteiger partial charge in [-0.05, 0) is 55.7 Å². The van der Waals surface area contributed by atoms with Crippen LogP contribution in [0.3, 0.4) is 0 Å². The number of allylic oxidation sites excluding steroid dienone is 1. The Balaban J connectivity index is 2.36. The molecular formula is C16H21F. The van der Waals surface area contributed by atoms with Gasteiger partial charge in [-0.2, -0.15) is 0 Å². The number of halogens is 1. The molecule has 17 heavy (non-hydrogen) atoms. The van der Waals surface area contributed by atoms with Gasteiger partial charge in [0.25, 0.3) is 0 Å². The van der Waals surface area contributed by atoms with Crippen LogP contribution in [0.25, 0.3) is 5.83 Å². The number of fused-ring (bicyclic) bond motifs is 1. The highest BCUT2D eigenvalue weighted by molar-refractivity contribution is 5.63. The van der Waals surface area contributed by atoms with Crippen molar-refractivity contribution in [1.82, 2.24) is 0 Å². The Morgan fingerprint density at radius 1 is 1.24 bits per heavy atom. The lowest BCUT2D eigenvalue weighted by molar-refractivity contribution is 0.476. The van der Waals surface area contributed by atoms with E-state index in [-0.39, 0.29) is 5.83 Å². The third-order valence-corrected chi connectivity index (χ3v) is 3.77. The maximum absolute atomic E-state index is 14.1. The molecule has 0 N–H and O–H groups in total. The molecule has 1 aromatic carbocycles. The fourth-order valence-electron chi connectivity index (χ4n) is 2.63. The Kier molecular flexibility index (Phi) is 3.98. The number of hydrogen-bond donors (Lipinski definition) is 0. The SMILES string of the molecule is Cc1cccc2c1CCCC(C)CC/C=C/2F. The molecule has 1 atom stereocenters. The van der Waals surface area contributed by atoms with Gasteiger partial charge in [0.15, 0.2) is 0 Å². The molecule has 0 nitrogen and oxygen atoms in total. The number of aryl methyl sites for hydroxylation is 1. The molecule has 0 bridgehead atoms. The molecule has 0 saturated carbocycles. The summed E-state index contributed by atoms with van der Waals surface area (Å²) in [6.45, 7) is 4.35. The predicted octanol–water partition coefficient (Wildman–Crippen LogP) is 5.06. The highest BCUT2D eigenvalue weighted by atomic mass is 19.1. The zero-order valence-corrected chi connectivity index (χ0v) is 10.8. The van der Waals surface area contributed by atoms with Crippen LogP contribution in [-0.2, 0) is 6.42 Å². The fourth-order valence-corrected chi connectivity index (χ4v) is 2.63. The van der Waals surface area contributed by atoms with E-state index in [9.17, 15) is 4.39 Å². The first-order valence-corrected chi connectivity index (χ1v) is 6.63. The van der Waals surface area contributed by atoms with Crippen LogP contribution < -0.4 is 0 Å². The van der Waals surface area contributed by atoms with E-state index in [1.807, 2.05) is 12.1 Å². The molecule has 0 aromatic heterocycles. The van der Waals surface area contributed by atoms with E-state index >= 15 is 0 Å². The highest BCUT2D eigenvalue weighted by Crippen LogP contribution is 2.28. The molecule has 0 heterocycles. The van der Waals surface area contributed by atoms with Crippen LogP contribution in [-0.4, -0.2) is 0 Å². The summed E-state index contributed by atoms with van der Waals surface area (Å²) in [6.07, 6.45) is 7.16. The Bertz CT molecular complexity index is 418. The minimum absolute atomic E-state index is 0.0298. The van der Waals surface area contributed by atoms with Crippen molar-refractivity contribution >= 4 is 5.83 Å². The summed E-state index contributed by atoms with van der Waals surface area (Å²) in [5.74, 6) is 0.683. The normalized spacial score (nSPS) is 24.6. The lowest BCUT2D eigenvalue weighted by atomic mass is 9.91. The largest absolute Gasteiger partial charge is 0.207 e. The number of hydrogen-bond acceptors (Lipinski definition) is 0.